The molecule has 0 spiro atoms. The number of amides is 1. The minimum Gasteiger partial charge on any atom is -0.452 e. The second-order valence-corrected chi connectivity index (χ2v) is 4.85. The maximum absolute atomic E-state index is 11.6. The molecular weight excluding hydrogens is 310 g/mol. The molecule has 0 radical (unpaired) electrons. The monoisotopic (exact) mass is 323 g/mol. The van der Waals surface area contributed by atoms with Gasteiger partial charge in [-0.05, 0) is 40.5 Å². The molecule has 19 heavy (non-hydrogen) atoms. The Balaban J connectivity index is 1.81. The van der Waals surface area contributed by atoms with E-state index in [0.717, 1.165) is 5.56 Å². The van der Waals surface area contributed by atoms with Gasteiger partial charge in [-0.25, -0.2) is 4.79 Å². The number of nitrogens with one attached hydrogen (secondary N) is 1. The predicted octanol–water partition coefficient (Wildman–Crippen LogP) is 4.03. The minimum atomic E-state index is -0.469. The van der Waals surface area contributed by atoms with E-state index < -0.39 is 6.09 Å². The number of benzene rings is 1. The van der Waals surface area contributed by atoms with Crippen molar-refractivity contribution in [1.29, 1.82) is 0 Å². The Morgan fingerprint density at radius 2 is 2.05 bits per heavy atom. The Labute approximate surface area is 119 Å². The van der Waals surface area contributed by atoms with Crippen molar-refractivity contribution in [2.75, 3.05) is 0 Å². The molecule has 1 aromatic carbocycles. The molecule has 0 aliphatic rings. The quantitative estimate of drug-likeness (QED) is 0.924. The molecule has 0 saturated carbocycles. The molecule has 5 heteroatoms. The number of hydrogen-bond donors (Lipinski definition) is 1. The summed E-state index contributed by atoms with van der Waals surface area (Å²) in [4.78, 5) is 11.6. The summed E-state index contributed by atoms with van der Waals surface area (Å²) >= 11 is 3.22. The number of rotatable bonds is 4. The van der Waals surface area contributed by atoms with Crippen LogP contribution in [0.25, 0.3) is 0 Å². The first-order chi connectivity index (χ1) is 9.15. The van der Waals surface area contributed by atoms with Crippen LogP contribution in [0.1, 0.15) is 24.3 Å². The SMILES string of the molecule is C[C@@H](NC(=O)OCc1ccccc1)c1ccc(Br)o1. The van der Waals surface area contributed by atoms with Crippen LogP contribution in [0.3, 0.4) is 0 Å². The van der Waals surface area contributed by atoms with Crippen molar-refractivity contribution in [1.82, 2.24) is 5.32 Å². The van der Waals surface area contributed by atoms with Crippen molar-refractivity contribution in [3.63, 3.8) is 0 Å². The van der Waals surface area contributed by atoms with Gasteiger partial charge in [-0.3, -0.25) is 0 Å². The van der Waals surface area contributed by atoms with Crippen LogP contribution in [0.4, 0.5) is 4.79 Å². The molecule has 0 fully saturated rings. The molecule has 1 atom stereocenters. The molecule has 2 aromatic rings. The molecule has 0 saturated heterocycles. The van der Waals surface area contributed by atoms with E-state index in [1.807, 2.05) is 37.3 Å². The van der Waals surface area contributed by atoms with E-state index in [2.05, 4.69) is 21.2 Å². The molecule has 0 aliphatic carbocycles. The van der Waals surface area contributed by atoms with Gasteiger partial charge in [0.15, 0.2) is 4.67 Å². The Hall–Kier alpha value is -1.75. The fourth-order valence-corrected chi connectivity index (χ4v) is 1.89. The Morgan fingerprint density at radius 3 is 2.68 bits per heavy atom. The van der Waals surface area contributed by atoms with Crippen LogP contribution >= 0.6 is 15.9 Å². The van der Waals surface area contributed by atoms with Crippen LogP contribution in [0.2, 0.25) is 0 Å². The van der Waals surface area contributed by atoms with Crippen molar-refractivity contribution in [3.05, 3.63) is 58.5 Å². The summed E-state index contributed by atoms with van der Waals surface area (Å²) < 4.78 is 11.1. The Kier molecular flexibility index (Phi) is 4.63. The second-order valence-electron chi connectivity index (χ2n) is 4.07. The van der Waals surface area contributed by atoms with E-state index >= 15 is 0 Å². The van der Waals surface area contributed by atoms with Crippen LogP contribution in [-0.4, -0.2) is 6.09 Å². The summed E-state index contributed by atoms with van der Waals surface area (Å²) in [6, 6.07) is 12.9. The van der Waals surface area contributed by atoms with E-state index in [-0.39, 0.29) is 12.6 Å². The van der Waals surface area contributed by atoms with Gasteiger partial charge in [-0.15, -0.1) is 0 Å². The van der Waals surface area contributed by atoms with Gasteiger partial charge < -0.3 is 14.5 Å². The molecule has 1 amide bonds. The molecule has 1 heterocycles. The number of hydrogen-bond acceptors (Lipinski definition) is 3. The van der Waals surface area contributed by atoms with Crippen LogP contribution in [0.5, 0.6) is 0 Å². The smallest absolute Gasteiger partial charge is 0.408 e. The van der Waals surface area contributed by atoms with Gasteiger partial charge in [0.05, 0.1) is 6.04 Å². The highest BCUT2D eigenvalue weighted by atomic mass is 79.9. The maximum atomic E-state index is 11.6. The van der Waals surface area contributed by atoms with Crippen molar-refractivity contribution in [2.24, 2.45) is 0 Å². The van der Waals surface area contributed by atoms with E-state index in [4.69, 9.17) is 9.15 Å². The maximum Gasteiger partial charge on any atom is 0.408 e. The van der Waals surface area contributed by atoms with Crippen LogP contribution in [0.15, 0.2) is 51.6 Å². The molecule has 0 bridgehead atoms. The summed E-state index contributed by atoms with van der Waals surface area (Å²) in [6.45, 7) is 2.08. The first kappa shape index (κ1) is 13.7. The summed E-state index contributed by atoms with van der Waals surface area (Å²) in [6.07, 6.45) is -0.469. The van der Waals surface area contributed by atoms with Gasteiger partial charge in [-0.1, -0.05) is 30.3 Å². The van der Waals surface area contributed by atoms with Crippen molar-refractivity contribution in [3.8, 4) is 0 Å². The fraction of sp³-hybridized carbons (Fsp3) is 0.214. The third-order valence-electron chi connectivity index (χ3n) is 2.57. The minimum absolute atomic E-state index is 0.241. The average Bonchev–Trinajstić information content (AvgIpc) is 2.84. The largest absolute Gasteiger partial charge is 0.452 e. The Bertz CT molecular complexity index is 539. The Morgan fingerprint density at radius 1 is 1.32 bits per heavy atom. The summed E-state index contributed by atoms with van der Waals surface area (Å²) in [7, 11) is 0. The van der Waals surface area contributed by atoms with E-state index in [1.54, 1.807) is 12.1 Å². The zero-order chi connectivity index (χ0) is 13.7. The third kappa shape index (κ3) is 4.13. The highest BCUT2D eigenvalue weighted by molar-refractivity contribution is 9.10. The normalized spacial score (nSPS) is 11.9. The van der Waals surface area contributed by atoms with Crippen LogP contribution in [-0.2, 0) is 11.3 Å². The number of carbonyl (C=O) groups is 1. The fourth-order valence-electron chi connectivity index (χ4n) is 1.57. The average molecular weight is 324 g/mol. The summed E-state index contributed by atoms with van der Waals surface area (Å²) in [5, 5.41) is 2.70. The molecule has 0 unspecified atom stereocenters. The lowest BCUT2D eigenvalue weighted by Crippen LogP contribution is -2.27. The third-order valence-corrected chi connectivity index (χ3v) is 2.99. The molecule has 0 aliphatic heterocycles. The van der Waals surface area contributed by atoms with Crippen molar-refractivity contribution < 1.29 is 13.9 Å². The molecular formula is C14H14BrNO3. The van der Waals surface area contributed by atoms with Crippen molar-refractivity contribution >= 4 is 22.0 Å². The number of furan rings is 1. The topological polar surface area (TPSA) is 51.5 Å². The molecule has 4 nitrogen and oxygen atoms in total. The van der Waals surface area contributed by atoms with Gasteiger partial charge in [0, 0.05) is 0 Å². The second kappa shape index (κ2) is 6.43. The van der Waals surface area contributed by atoms with E-state index in [9.17, 15) is 4.79 Å². The van der Waals surface area contributed by atoms with Gasteiger partial charge in [0.1, 0.15) is 12.4 Å². The molecule has 100 valence electrons. The lowest BCUT2D eigenvalue weighted by molar-refractivity contribution is 0.135. The summed E-state index contributed by atoms with van der Waals surface area (Å²) in [5.41, 5.74) is 0.950. The number of alkyl carbamates (subject to hydrolysis) is 1. The first-order valence-electron chi connectivity index (χ1n) is 5.87. The number of halogens is 1. The lowest BCUT2D eigenvalue weighted by Gasteiger charge is -2.11. The van der Waals surface area contributed by atoms with Crippen LogP contribution < -0.4 is 5.32 Å². The van der Waals surface area contributed by atoms with Crippen LogP contribution in [0, 0.1) is 0 Å². The van der Waals surface area contributed by atoms with Gasteiger partial charge in [0.2, 0.25) is 0 Å². The lowest BCUT2D eigenvalue weighted by atomic mass is 10.2. The standard InChI is InChI=1S/C14H14BrNO3/c1-10(12-7-8-13(15)19-12)16-14(17)18-9-11-5-3-2-4-6-11/h2-8,10H,9H2,1H3,(H,16,17)/t10-/m1/s1. The predicted molar refractivity (Wildman–Crippen MR) is 74.6 cm³/mol. The number of carbonyl (C=O) groups excluding carboxylic acids is 1. The van der Waals surface area contributed by atoms with E-state index in [1.165, 1.54) is 0 Å². The first-order valence-corrected chi connectivity index (χ1v) is 6.67. The zero-order valence-electron chi connectivity index (χ0n) is 10.4. The highest BCUT2D eigenvalue weighted by Gasteiger charge is 2.13. The summed E-state index contributed by atoms with van der Waals surface area (Å²) in [5.74, 6) is 0.670. The van der Waals surface area contributed by atoms with E-state index in [0.29, 0.717) is 10.4 Å². The van der Waals surface area contributed by atoms with Gasteiger partial charge >= 0.3 is 6.09 Å². The van der Waals surface area contributed by atoms with Crippen molar-refractivity contribution in [2.45, 2.75) is 19.6 Å². The molecule has 1 N–H and O–H groups in total. The van der Waals surface area contributed by atoms with Gasteiger partial charge in [0.25, 0.3) is 0 Å². The highest BCUT2D eigenvalue weighted by Crippen LogP contribution is 2.20. The molecule has 1 aromatic heterocycles. The zero-order valence-corrected chi connectivity index (χ0v) is 12.0. The molecule has 2 rings (SSSR count). The number of ether oxygens (including phenoxy) is 1. The van der Waals surface area contributed by atoms with Gasteiger partial charge in [-0.2, -0.15) is 0 Å².